The highest BCUT2D eigenvalue weighted by Crippen LogP contribution is 2.34. The monoisotopic (exact) mass is 308 g/mol. The first-order chi connectivity index (χ1) is 11.1. The molecule has 5 heteroatoms. The number of nitrogens with one attached hydrogen (secondary N) is 2. The molecule has 0 atom stereocenters. The zero-order valence-corrected chi connectivity index (χ0v) is 12.9. The van der Waals surface area contributed by atoms with E-state index in [9.17, 15) is 4.79 Å². The first-order valence-corrected chi connectivity index (χ1v) is 7.42. The summed E-state index contributed by atoms with van der Waals surface area (Å²) in [6.45, 7) is 4.13. The molecule has 2 aromatic carbocycles. The number of hydrogen-bond donors (Lipinski definition) is 2. The van der Waals surface area contributed by atoms with E-state index in [4.69, 9.17) is 9.47 Å². The predicted octanol–water partition coefficient (Wildman–Crippen LogP) is 3.77. The quantitative estimate of drug-likeness (QED) is 0.757. The summed E-state index contributed by atoms with van der Waals surface area (Å²) in [5.41, 5.74) is 4.26. The summed E-state index contributed by atoms with van der Waals surface area (Å²) in [4.78, 5) is 16.0. The number of fused-ring (bicyclic) bond motifs is 2. The van der Waals surface area contributed by atoms with Crippen LogP contribution in [0.5, 0.6) is 11.5 Å². The van der Waals surface area contributed by atoms with Crippen LogP contribution < -0.4 is 14.8 Å². The molecular formula is C18H16N2O3. The third-order valence-corrected chi connectivity index (χ3v) is 4.08. The summed E-state index contributed by atoms with van der Waals surface area (Å²) in [5.74, 6) is 1.21. The lowest BCUT2D eigenvalue weighted by molar-refractivity contribution is 0.102. The minimum Gasteiger partial charge on any atom is -0.454 e. The van der Waals surface area contributed by atoms with Crippen LogP contribution in [-0.4, -0.2) is 17.7 Å². The predicted molar refractivity (Wildman–Crippen MR) is 88.3 cm³/mol. The van der Waals surface area contributed by atoms with Crippen molar-refractivity contribution in [2.45, 2.75) is 13.8 Å². The number of amides is 1. The van der Waals surface area contributed by atoms with E-state index in [0.29, 0.717) is 22.7 Å². The number of carbonyl (C=O) groups excluding carboxylic acids is 1. The normalized spacial score (nSPS) is 12.6. The van der Waals surface area contributed by atoms with Gasteiger partial charge in [0, 0.05) is 28.4 Å². The van der Waals surface area contributed by atoms with Gasteiger partial charge in [-0.15, -0.1) is 0 Å². The van der Waals surface area contributed by atoms with Crippen molar-refractivity contribution in [3.8, 4) is 11.5 Å². The Morgan fingerprint density at radius 2 is 1.96 bits per heavy atom. The zero-order valence-electron chi connectivity index (χ0n) is 12.9. The van der Waals surface area contributed by atoms with Crippen molar-refractivity contribution in [2.75, 3.05) is 12.1 Å². The number of aromatic amines is 1. The van der Waals surface area contributed by atoms with Gasteiger partial charge < -0.3 is 19.8 Å². The van der Waals surface area contributed by atoms with Crippen molar-refractivity contribution in [2.24, 2.45) is 0 Å². The van der Waals surface area contributed by atoms with E-state index in [-0.39, 0.29) is 12.7 Å². The summed E-state index contributed by atoms with van der Waals surface area (Å²) < 4.78 is 10.6. The highest BCUT2D eigenvalue weighted by atomic mass is 16.7. The van der Waals surface area contributed by atoms with E-state index < -0.39 is 0 Å². The van der Waals surface area contributed by atoms with Gasteiger partial charge in [-0.1, -0.05) is 12.1 Å². The molecule has 2 heterocycles. The third-order valence-electron chi connectivity index (χ3n) is 4.08. The van der Waals surface area contributed by atoms with Crippen LogP contribution >= 0.6 is 0 Å². The van der Waals surface area contributed by atoms with Crippen LogP contribution in [0.2, 0.25) is 0 Å². The van der Waals surface area contributed by atoms with E-state index in [1.54, 1.807) is 12.1 Å². The Morgan fingerprint density at radius 1 is 1.13 bits per heavy atom. The van der Waals surface area contributed by atoms with Gasteiger partial charge in [0.25, 0.3) is 5.91 Å². The molecule has 2 N–H and O–H groups in total. The number of rotatable bonds is 2. The van der Waals surface area contributed by atoms with Crippen LogP contribution in [0.3, 0.4) is 0 Å². The molecule has 0 unspecified atom stereocenters. The summed E-state index contributed by atoms with van der Waals surface area (Å²) >= 11 is 0. The molecule has 23 heavy (non-hydrogen) atoms. The fraction of sp³-hybridized carbons (Fsp3) is 0.167. The summed E-state index contributed by atoms with van der Waals surface area (Å²) in [6.07, 6.45) is 0. The molecule has 0 spiro atoms. The van der Waals surface area contributed by atoms with Gasteiger partial charge in [-0.25, -0.2) is 0 Å². The van der Waals surface area contributed by atoms with Gasteiger partial charge in [-0.3, -0.25) is 4.79 Å². The van der Waals surface area contributed by atoms with E-state index >= 15 is 0 Å². The largest absolute Gasteiger partial charge is 0.454 e. The first-order valence-electron chi connectivity index (χ1n) is 7.42. The SMILES string of the molecule is Cc1[nH]c2cccc(C)c2c1C(=O)Nc1ccc2c(c1)OCO2. The van der Waals surface area contributed by atoms with E-state index in [1.807, 2.05) is 38.1 Å². The fourth-order valence-electron chi connectivity index (χ4n) is 3.01. The average Bonchev–Trinajstić information content (AvgIpc) is 3.10. The maximum atomic E-state index is 12.8. The molecule has 1 aromatic heterocycles. The molecule has 5 nitrogen and oxygen atoms in total. The Labute approximate surface area is 133 Å². The maximum Gasteiger partial charge on any atom is 0.258 e. The average molecular weight is 308 g/mol. The van der Waals surface area contributed by atoms with Crippen LogP contribution in [0.1, 0.15) is 21.6 Å². The van der Waals surface area contributed by atoms with Crippen molar-refractivity contribution in [3.05, 3.63) is 53.2 Å². The number of benzene rings is 2. The lowest BCUT2D eigenvalue weighted by Gasteiger charge is -2.07. The minimum atomic E-state index is -0.137. The van der Waals surface area contributed by atoms with Crippen LogP contribution in [0.4, 0.5) is 5.69 Å². The van der Waals surface area contributed by atoms with E-state index in [1.165, 1.54) is 0 Å². The lowest BCUT2D eigenvalue weighted by Crippen LogP contribution is -2.13. The number of aromatic nitrogens is 1. The van der Waals surface area contributed by atoms with Crippen LogP contribution in [0.15, 0.2) is 36.4 Å². The second-order valence-electron chi connectivity index (χ2n) is 5.64. The molecule has 0 aliphatic carbocycles. The van der Waals surface area contributed by atoms with Crippen molar-refractivity contribution >= 4 is 22.5 Å². The number of hydrogen-bond acceptors (Lipinski definition) is 3. The van der Waals surface area contributed by atoms with E-state index in [0.717, 1.165) is 22.2 Å². The van der Waals surface area contributed by atoms with Gasteiger partial charge in [0.15, 0.2) is 11.5 Å². The molecule has 0 saturated carbocycles. The molecule has 1 aliphatic heterocycles. The molecular weight excluding hydrogens is 292 g/mol. The summed E-state index contributed by atoms with van der Waals surface area (Å²) in [6, 6.07) is 11.3. The second-order valence-corrected chi connectivity index (χ2v) is 5.64. The van der Waals surface area contributed by atoms with Gasteiger partial charge in [-0.05, 0) is 37.6 Å². The highest BCUT2D eigenvalue weighted by Gasteiger charge is 2.19. The first kappa shape index (κ1) is 13.7. The van der Waals surface area contributed by atoms with Crippen molar-refractivity contribution in [1.82, 2.24) is 4.98 Å². The van der Waals surface area contributed by atoms with Gasteiger partial charge in [0.2, 0.25) is 6.79 Å². The van der Waals surface area contributed by atoms with Crippen LogP contribution in [0.25, 0.3) is 10.9 Å². The maximum absolute atomic E-state index is 12.8. The lowest BCUT2D eigenvalue weighted by atomic mass is 10.1. The molecule has 116 valence electrons. The number of aryl methyl sites for hydroxylation is 2. The number of H-pyrrole nitrogens is 1. The topological polar surface area (TPSA) is 63.4 Å². The molecule has 0 bridgehead atoms. The van der Waals surface area contributed by atoms with Crippen LogP contribution in [-0.2, 0) is 0 Å². The second kappa shape index (κ2) is 5.05. The Bertz CT molecular complexity index is 927. The molecule has 3 aromatic rings. The molecule has 1 amide bonds. The van der Waals surface area contributed by atoms with Crippen molar-refractivity contribution < 1.29 is 14.3 Å². The van der Waals surface area contributed by atoms with Crippen molar-refractivity contribution in [3.63, 3.8) is 0 Å². The molecule has 0 radical (unpaired) electrons. The summed E-state index contributed by atoms with van der Waals surface area (Å²) in [7, 11) is 0. The Kier molecular flexibility index (Phi) is 3.01. The molecule has 4 rings (SSSR count). The Balaban J connectivity index is 1.71. The Morgan fingerprint density at radius 3 is 2.83 bits per heavy atom. The standard InChI is InChI=1S/C18H16N2O3/c1-10-4-3-5-13-16(10)17(11(2)19-13)18(21)20-12-6-7-14-15(8-12)23-9-22-14/h3-8,19H,9H2,1-2H3,(H,20,21). The molecule has 0 fully saturated rings. The summed E-state index contributed by atoms with van der Waals surface area (Å²) in [5, 5.41) is 3.90. The number of anilines is 1. The smallest absolute Gasteiger partial charge is 0.258 e. The van der Waals surface area contributed by atoms with Gasteiger partial charge in [-0.2, -0.15) is 0 Å². The van der Waals surface area contributed by atoms with E-state index in [2.05, 4.69) is 10.3 Å². The van der Waals surface area contributed by atoms with Crippen LogP contribution in [0, 0.1) is 13.8 Å². The minimum absolute atomic E-state index is 0.137. The van der Waals surface area contributed by atoms with Gasteiger partial charge in [0.1, 0.15) is 0 Å². The Hall–Kier alpha value is -2.95. The number of ether oxygens (including phenoxy) is 2. The van der Waals surface area contributed by atoms with Crippen molar-refractivity contribution in [1.29, 1.82) is 0 Å². The van der Waals surface area contributed by atoms with Gasteiger partial charge in [0.05, 0.1) is 5.56 Å². The third kappa shape index (κ3) is 2.21. The highest BCUT2D eigenvalue weighted by molar-refractivity contribution is 6.14. The molecule has 0 saturated heterocycles. The zero-order chi connectivity index (χ0) is 16.0. The fourth-order valence-corrected chi connectivity index (χ4v) is 3.01. The van der Waals surface area contributed by atoms with Gasteiger partial charge >= 0.3 is 0 Å². The molecule has 1 aliphatic rings. The number of carbonyl (C=O) groups is 1.